The minimum atomic E-state index is -0.306. The summed E-state index contributed by atoms with van der Waals surface area (Å²) >= 11 is 2.02. The molecule has 1 fully saturated rings. The summed E-state index contributed by atoms with van der Waals surface area (Å²) in [7, 11) is 0. The van der Waals surface area contributed by atoms with Crippen LogP contribution in [0.15, 0.2) is 18.2 Å². The summed E-state index contributed by atoms with van der Waals surface area (Å²) in [4.78, 5) is 14.6. The van der Waals surface area contributed by atoms with E-state index in [1.807, 2.05) is 41.3 Å². The highest BCUT2D eigenvalue weighted by atomic mass is 127. The fourth-order valence-corrected chi connectivity index (χ4v) is 3.20. The van der Waals surface area contributed by atoms with Gasteiger partial charge in [0.25, 0.3) is 5.91 Å². The highest BCUT2D eigenvalue weighted by Crippen LogP contribution is 2.18. The second-order valence-electron chi connectivity index (χ2n) is 5.47. The van der Waals surface area contributed by atoms with Crippen molar-refractivity contribution in [2.24, 2.45) is 0 Å². The minimum Gasteiger partial charge on any atom is -0.335 e. The number of hydrogen-bond donors (Lipinski definition) is 1. The van der Waals surface area contributed by atoms with Gasteiger partial charge in [0.2, 0.25) is 0 Å². The van der Waals surface area contributed by atoms with E-state index >= 15 is 0 Å². The fraction of sp³-hybridized carbons (Fsp3) is 0.533. The maximum atomic E-state index is 13.2. The lowest BCUT2D eigenvalue weighted by atomic mass is 10.1. The number of rotatable bonds is 4. The van der Waals surface area contributed by atoms with Crippen molar-refractivity contribution in [1.29, 1.82) is 0 Å². The molecule has 1 saturated heterocycles. The Morgan fingerprint density at radius 3 is 2.85 bits per heavy atom. The van der Waals surface area contributed by atoms with Crippen molar-refractivity contribution in [1.82, 2.24) is 10.2 Å². The standard InChI is InChI=1S/C15H20FIN2O/c1-10(2)19(9-12-4-3-7-18-12)15(20)13-6-5-11(16)8-14(13)17/h5-6,8,10,12,18H,3-4,7,9H2,1-2H3. The van der Waals surface area contributed by atoms with Crippen LogP contribution in [0.4, 0.5) is 4.39 Å². The second-order valence-corrected chi connectivity index (χ2v) is 6.63. The van der Waals surface area contributed by atoms with Crippen molar-refractivity contribution in [3.05, 3.63) is 33.1 Å². The van der Waals surface area contributed by atoms with E-state index in [4.69, 9.17) is 0 Å². The Morgan fingerprint density at radius 1 is 1.55 bits per heavy atom. The zero-order valence-corrected chi connectivity index (χ0v) is 14.0. The molecular weight excluding hydrogens is 370 g/mol. The molecule has 0 aliphatic carbocycles. The quantitative estimate of drug-likeness (QED) is 0.802. The van der Waals surface area contributed by atoms with Crippen LogP contribution in [0.3, 0.4) is 0 Å². The first kappa shape index (κ1) is 15.7. The molecule has 0 bridgehead atoms. The molecule has 1 unspecified atom stereocenters. The summed E-state index contributed by atoms with van der Waals surface area (Å²) in [5.74, 6) is -0.322. The average molecular weight is 390 g/mol. The highest BCUT2D eigenvalue weighted by Gasteiger charge is 2.25. The van der Waals surface area contributed by atoms with Gasteiger partial charge in [-0.3, -0.25) is 4.79 Å². The zero-order chi connectivity index (χ0) is 14.7. The van der Waals surface area contributed by atoms with E-state index in [0.29, 0.717) is 21.7 Å². The van der Waals surface area contributed by atoms with Crippen LogP contribution in [-0.2, 0) is 0 Å². The molecule has 1 amide bonds. The van der Waals surface area contributed by atoms with Gasteiger partial charge >= 0.3 is 0 Å². The lowest BCUT2D eigenvalue weighted by Gasteiger charge is -2.30. The summed E-state index contributed by atoms with van der Waals surface area (Å²) in [6, 6.07) is 4.84. The monoisotopic (exact) mass is 390 g/mol. The molecule has 0 spiro atoms. The molecule has 0 aromatic heterocycles. The first-order valence-electron chi connectivity index (χ1n) is 6.98. The normalized spacial score (nSPS) is 18.6. The van der Waals surface area contributed by atoms with Gasteiger partial charge in [0, 0.05) is 22.2 Å². The van der Waals surface area contributed by atoms with Gasteiger partial charge in [0.15, 0.2) is 0 Å². The van der Waals surface area contributed by atoms with Crippen LogP contribution in [0.5, 0.6) is 0 Å². The molecule has 1 atom stereocenters. The van der Waals surface area contributed by atoms with Gasteiger partial charge in [-0.15, -0.1) is 0 Å². The number of amides is 1. The minimum absolute atomic E-state index is 0.0156. The van der Waals surface area contributed by atoms with Crippen LogP contribution in [0, 0.1) is 9.39 Å². The van der Waals surface area contributed by atoms with E-state index in [1.54, 1.807) is 6.07 Å². The number of carbonyl (C=O) groups is 1. The number of nitrogens with one attached hydrogen (secondary N) is 1. The van der Waals surface area contributed by atoms with Crippen molar-refractivity contribution < 1.29 is 9.18 Å². The second kappa shape index (κ2) is 6.85. The van der Waals surface area contributed by atoms with Crippen LogP contribution in [0.2, 0.25) is 0 Å². The molecule has 0 saturated carbocycles. The Morgan fingerprint density at radius 2 is 2.30 bits per heavy atom. The van der Waals surface area contributed by atoms with E-state index < -0.39 is 0 Å². The molecule has 20 heavy (non-hydrogen) atoms. The topological polar surface area (TPSA) is 32.3 Å². The van der Waals surface area contributed by atoms with E-state index in [-0.39, 0.29) is 17.8 Å². The van der Waals surface area contributed by atoms with E-state index in [1.165, 1.54) is 18.6 Å². The Hall–Kier alpha value is -0.690. The van der Waals surface area contributed by atoms with E-state index in [2.05, 4.69) is 5.32 Å². The molecule has 1 aliphatic rings. The van der Waals surface area contributed by atoms with E-state index in [9.17, 15) is 9.18 Å². The largest absolute Gasteiger partial charge is 0.335 e. The predicted octanol–water partition coefficient (Wildman–Crippen LogP) is 3.03. The highest BCUT2D eigenvalue weighted by molar-refractivity contribution is 14.1. The molecule has 1 N–H and O–H groups in total. The van der Waals surface area contributed by atoms with Crippen LogP contribution >= 0.6 is 22.6 Å². The van der Waals surface area contributed by atoms with Crippen LogP contribution in [0.1, 0.15) is 37.0 Å². The summed E-state index contributed by atoms with van der Waals surface area (Å²) in [6.45, 7) is 5.77. The molecule has 1 heterocycles. The molecule has 3 nitrogen and oxygen atoms in total. The molecule has 1 aliphatic heterocycles. The van der Waals surface area contributed by atoms with Crippen molar-refractivity contribution in [2.45, 2.75) is 38.8 Å². The summed E-state index contributed by atoms with van der Waals surface area (Å²) < 4.78 is 13.8. The van der Waals surface area contributed by atoms with Gasteiger partial charge in [0.05, 0.1) is 5.56 Å². The third-order valence-corrected chi connectivity index (χ3v) is 4.52. The van der Waals surface area contributed by atoms with Gasteiger partial charge in [-0.2, -0.15) is 0 Å². The van der Waals surface area contributed by atoms with Gasteiger partial charge < -0.3 is 10.2 Å². The van der Waals surface area contributed by atoms with E-state index in [0.717, 1.165) is 13.0 Å². The molecule has 2 rings (SSSR count). The number of benzene rings is 1. The summed E-state index contributed by atoms with van der Waals surface area (Å²) in [5.41, 5.74) is 0.582. The maximum Gasteiger partial charge on any atom is 0.255 e. The molecular formula is C15H20FIN2O. The van der Waals surface area contributed by atoms with Gasteiger partial charge in [-0.1, -0.05) is 0 Å². The molecule has 0 radical (unpaired) electrons. The summed E-state index contributed by atoms with van der Waals surface area (Å²) in [5, 5.41) is 3.42. The molecule has 1 aromatic carbocycles. The predicted molar refractivity (Wildman–Crippen MR) is 86.3 cm³/mol. The Balaban J connectivity index is 2.17. The SMILES string of the molecule is CC(C)N(CC1CCCN1)C(=O)c1ccc(F)cc1I. The first-order chi connectivity index (χ1) is 9.49. The fourth-order valence-electron chi connectivity index (χ4n) is 2.50. The zero-order valence-electron chi connectivity index (χ0n) is 11.8. The molecule has 1 aromatic rings. The Kier molecular flexibility index (Phi) is 5.37. The molecule has 5 heteroatoms. The van der Waals surface area contributed by atoms with Gasteiger partial charge in [-0.05, 0) is 74.0 Å². The van der Waals surface area contributed by atoms with Crippen molar-refractivity contribution >= 4 is 28.5 Å². The van der Waals surface area contributed by atoms with Gasteiger partial charge in [0.1, 0.15) is 5.82 Å². The maximum absolute atomic E-state index is 13.2. The first-order valence-corrected chi connectivity index (χ1v) is 8.06. The van der Waals surface area contributed by atoms with Gasteiger partial charge in [-0.25, -0.2) is 4.39 Å². The number of carbonyl (C=O) groups excluding carboxylic acids is 1. The third kappa shape index (κ3) is 3.69. The smallest absolute Gasteiger partial charge is 0.255 e. The third-order valence-electron chi connectivity index (χ3n) is 3.63. The van der Waals surface area contributed by atoms with Crippen molar-refractivity contribution in [3.63, 3.8) is 0 Å². The lowest BCUT2D eigenvalue weighted by Crippen LogP contribution is -2.45. The van der Waals surface area contributed by atoms with Crippen LogP contribution < -0.4 is 5.32 Å². The Labute approximate surface area is 133 Å². The Bertz CT molecular complexity index is 487. The van der Waals surface area contributed by atoms with Crippen molar-refractivity contribution in [3.8, 4) is 0 Å². The number of nitrogens with zero attached hydrogens (tertiary/aromatic N) is 1. The van der Waals surface area contributed by atoms with Crippen molar-refractivity contribution in [2.75, 3.05) is 13.1 Å². The molecule has 110 valence electrons. The number of hydrogen-bond acceptors (Lipinski definition) is 2. The number of halogens is 2. The average Bonchev–Trinajstić information content (AvgIpc) is 2.87. The summed E-state index contributed by atoms with van der Waals surface area (Å²) in [6.07, 6.45) is 2.27. The lowest BCUT2D eigenvalue weighted by molar-refractivity contribution is 0.0688. The van der Waals surface area contributed by atoms with Crippen LogP contribution in [0.25, 0.3) is 0 Å². The van der Waals surface area contributed by atoms with Crippen LogP contribution in [-0.4, -0.2) is 36.0 Å².